The van der Waals surface area contributed by atoms with Crippen molar-refractivity contribution in [3.05, 3.63) is 101 Å². The molecule has 2 aliphatic heterocycles. The molecule has 0 saturated heterocycles. The molecule has 2 amide bonds. The third-order valence-electron chi connectivity index (χ3n) is 5.90. The van der Waals surface area contributed by atoms with Crippen molar-refractivity contribution in [1.29, 1.82) is 0 Å². The molecular weight excluding hydrogens is 480 g/mol. The second kappa shape index (κ2) is 10.1. The standard InChI is InChI=1S/C27H23ClN4O2S/c1-17-7-9-18(10-8-17)22-15-23(19-5-3-2-4-6-19)32(31-22)27-30-26(34)24(35-27)16-25(33)29-21-13-11-20(28)12-14-21/h2-14,23-24H,15-16H2,1H3,(H,29,33)/t23-,24-/m1/s1. The van der Waals surface area contributed by atoms with Crippen molar-refractivity contribution in [1.82, 2.24) is 5.01 Å². The SMILES string of the molecule is Cc1ccc(C2=NN(C3=NC(=O)[C@@H](CC(=O)Nc4ccc(Cl)cc4)S3)[C@@H](c3ccccc3)C2)cc1. The number of anilines is 1. The van der Waals surface area contributed by atoms with Crippen molar-refractivity contribution in [2.45, 2.75) is 31.1 Å². The Morgan fingerprint density at radius 2 is 1.77 bits per heavy atom. The Bertz CT molecular complexity index is 1310. The molecule has 5 rings (SSSR count). The number of aryl methyl sites for hydroxylation is 1. The maximum atomic E-state index is 12.7. The van der Waals surface area contributed by atoms with E-state index in [9.17, 15) is 9.59 Å². The van der Waals surface area contributed by atoms with Crippen LogP contribution in [0.2, 0.25) is 5.02 Å². The number of benzene rings is 3. The number of nitrogens with zero attached hydrogens (tertiary/aromatic N) is 3. The fourth-order valence-corrected chi connectivity index (χ4v) is 5.25. The maximum absolute atomic E-state index is 12.7. The molecule has 0 unspecified atom stereocenters. The van der Waals surface area contributed by atoms with E-state index in [0.29, 0.717) is 22.3 Å². The predicted molar refractivity (Wildman–Crippen MR) is 142 cm³/mol. The summed E-state index contributed by atoms with van der Waals surface area (Å²) in [6.07, 6.45) is 0.722. The van der Waals surface area contributed by atoms with Crippen LogP contribution in [0.5, 0.6) is 0 Å². The molecule has 2 aliphatic rings. The van der Waals surface area contributed by atoms with Gasteiger partial charge in [-0.2, -0.15) is 10.1 Å². The summed E-state index contributed by atoms with van der Waals surface area (Å²) in [6.45, 7) is 2.05. The van der Waals surface area contributed by atoms with E-state index in [4.69, 9.17) is 16.7 Å². The summed E-state index contributed by atoms with van der Waals surface area (Å²) in [5.41, 5.74) is 4.90. The number of hydrogen-bond donors (Lipinski definition) is 1. The molecule has 0 saturated carbocycles. The average molecular weight is 503 g/mol. The molecule has 6 nitrogen and oxygen atoms in total. The van der Waals surface area contributed by atoms with Gasteiger partial charge in [-0.25, -0.2) is 5.01 Å². The van der Waals surface area contributed by atoms with Gasteiger partial charge in [0.15, 0.2) is 5.17 Å². The van der Waals surface area contributed by atoms with E-state index in [0.717, 1.165) is 16.8 Å². The number of carbonyl (C=O) groups is 2. The van der Waals surface area contributed by atoms with Crippen molar-refractivity contribution in [2.75, 3.05) is 5.32 Å². The first-order chi connectivity index (χ1) is 17.0. The molecule has 3 aromatic rings. The number of hydrazone groups is 1. The van der Waals surface area contributed by atoms with Crippen LogP contribution in [-0.4, -0.2) is 33.0 Å². The van der Waals surface area contributed by atoms with E-state index in [-0.39, 0.29) is 24.3 Å². The van der Waals surface area contributed by atoms with Gasteiger partial charge >= 0.3 is 0 Å². The van der Waals surface area contributed by atoms with Gasteiger partial charge in [-0.3, -0.25) is 9.59 Å². The Balaban J connectivity index is 1.33. The molecule has 0 aliphatic carbocycles. The largest absolute Gasteiger partial charge is 0.326 e. The number of amides is 2. The van der Waals surface area contributed by atoms with Crippen molar-refractivity contribution < 1.29 is 9.59 Å². The number of hydrogen-bond acceptors (Lipinski definition) is 5. The Labute approximate surface area is 213 Å². The minimum Gasteiger partial charge on any atom is -0.326 e. The molecule has 176 valence electrons. The minimum absolute atomic E-state index is 0.0253. The number of carbonyl (C=O) groups excluding carboxylic acids is 2. The summed E-state index contributed by atoms with van der Waals surface area (Å²) in [7, 11) is 0. The van der Waals surface area contributed by atoms with Crippen LogP contribution in [0.3, 0.4) is 0 Å². The Morgan fingerprint density at radius 3 is 2.49 bits per heavy atom. The summed E-state index contributed by atoms with van der Waals surface area (Å²) in [6, 6.07) is 25.1. The number of rotatable bonds is 5. The Hall–Kier alpha value is -3.42. The van der Waals surface area contributed by atoms with Crippen LogP contribution in [-0.2, 0) is 9.59 Å². The van der Waals surface area contributed by atoms with Crippen LogP contribution in [0.15, 0.2) is 89.0 Å². The fraction of sp³-hybridized carbons (Fsp3) is 0.185. The van der Waals surface area contributed by atoms with E-state index < -0.39 is 5.25 Å². The molecule has 0 radical (unpaired) electrons. The van der Waals surface area contributed by atoms with Gasteiger partial charge in [-0.05, 0) is 42.3 Å². The van der Waals surface area contributed by atoms with Crippen LogP contribution >= 0.6 is 23.4 Å². The van der Waals surface area contributed by atoms with Crippen molar-refractivity contribution >= 4 is 51.7 Å². The summed E-state index contributed by atoms with van der Waals surface area (Å²) in [4.78, 5) is 29.6. The molecule has 2 heterocycles. The zero-order valence-electron chi connectivity index (χ0n) is 19.0. The van der Waals surface area contributed by atoms with Gasteiger partial charge in [0, 0.05) is 23.6 Å². The highest BCUT2D eigenvalue weighted by molar-refractivity contribution is 8.15. The quantitative estimate of drug-likeness (QED) is 0.476. The number of amidine groups is 1. The molecule has 2 atom stereocenters. The van der Waals surface area contributed by atoms with Gasteiger partial charge in [0.1, 0.15) is 5.25 Å². The number of halogens is 1. The van der Waals surface area contributed by atoms with E-state index in [1.54, 1.807) is 24.3 Å². The summed E-state index contributed by atoms with van der Waals surface area (Å²) in [5.74, 6) is -0.568. The number of nitrogens with one attached hydrogen (secondary N) is 1. The number of thioether (sulfide) groups is 1. The normalized spacial score (nSPS) is 19.5. The van der Waals surface area contributed by atoms with Crippen LogP contribution in [0, 0.1) is 6.92 Å². The highest BCUT2D eigenvalue weighted by Crippen LogP contribution is 2.38. The molecule has 3 aromatic carbocycles. The first-order valence-electron chi connectivity index (χ1n) is 11.3. The van der Waals surface area contributed by atoms with Crippen LogP contribution in [0.4, 0.5) is 5.69 Å². The molecule has 0 aromatic heterocycles. The third-order valence-corrected chi connectivity index (χ3v) is 7.30. The highest BCUT2D eigenvalue weighted by atomic mass is 35.5. The van der Waals surface area contributed by atoms with Gasteiger partial charge < -0.3 is 5.32 Å². The monoisotopic (exact) mass is 502 g/mol. The van der Waals surface area contributed by atoms with E-state index in [1.807, 2.05) is 23.2 Å². The van der Waals surface area contributed by atoms with Crippen LogP contribution in [0.25, 0.3) is 0 Å². The van der Waals surface area contributed by atoms with Crippen molar-refractivity contribution in [2.24, 2.45) is 10.1 Å². The first-order valence-corrected chi connectivity index (χ1v) is 12.6. The smallest absolute Gasteiger partial charge is 0.262 e. The van der Waals surface area contributed by atoms with Gasteiger partial charge in [0.25, 0.3) is 5.91 Å². The molecule has 0 bridgehead atoms. The van der Waals surface area contributed by atoms with E-state index in [2.05, 4.69) is 53.6 Å². The molecule has 0 spiro atoms. The van der Waals surface area contributed by atoms with Gasteiger partial charge in [0.05, 0.1) is 11.8 Å². The third kappa shape index (κ3) is 5.31. The Morgan fingerprint density at radius 1 is 1.06 bits per heavy atom. The van der Waals surface area contributed by atoms with Gasteiger partial charge in [-0.15, -0.1) is 0 Å². The lowest BCUT2D eigenvalue weighted by Gasteiger charge is -2.23. The molecule has 1 N–H and O–H groups in total. The van der Waals surface area contributed by atoms with E-state index in [1.165, 1.54) is 17.3 Å². The first kappa shape index (κ1) is 23.3. The predicted octanol–water partition coefficient (Wildman–Crippen LogP) is 5.83. The van der Waals surface area contributed by atoms with Crippen LogP contribution < -0.4 is 5.32 Å². The fourth-order valence-electron chi connectivity index (χ4n) is 4.06. The minimum atomic E-state index is -0.590. The van der Waals surface area contributed by atoms with Gasteiger partial charge in [-0.1, -0.05) is 83.5 Å². The lowest BCUT2D eigenvalue weighted by atomic mass is 9.98. The zero-order chi connectivity index (χ0) is 24.4. The van der Waals surface area contributed by atoms with Crippen molar-refractivity contribution in [3.8, 4) is 0 Å². The lowest BCUT2D eigenvalue weighted by molar-refractivity contribution is -0.121. The summed E-state index contributed by atoms with van der Waals surface area (Å²) >= 11 is 7.20. The van der Waals surface area contributed by atoms with E-state index >= 15 is 0 Å². The topological polar surface area (TPSA) is 74.1 Å². The second-order valence-electron chi connectivity index (χ2n) is 8.49. The molecule has 0 fully saturated rings. The lowest BCUT2D eigenvalue weighted by Crippen LogP contribution is -2.25. The number of aliphatic imine (C=N–C) groups is 1. The Kier molecular flexibility index (Phi) is 6.70. The van der Waals surface area contributed by atoms with Gasteiger partial charge in [0.2, 0.25) is 5.91 Å². The maximum Gasteiger partial charge on any atom is 0.262 e. The molecule has 8 heteroatoms. The molecular formula is C27H23ClN4O2S. The summed E-state index contributed by atoms with van der Waals surface area (Å²) in [5, 5.41) is 10.1. The zero-order valence-corrected chi connectivity index (χ0v) is 20.6. The highest BCUT2D eigenvalue weighted by Gasteiger charge is 2.39. The van der Waals surface area contributed by atoms with Crippen molar-refractivity contribution in [3.63, 3.8) is 0 Å². The average Bonchev–Trinajstić information content (AvgIpc) is 3.46. The van der Waals surface area contributed by atoms with Crippen LogP contribution in [0.1, 0.15) is 35.6 Å². The second-order valence-corrected chi connectivity index (χ2v) is 10.1. The molecule has 35 heavy (non-hydrogen) atoms. The summed E-state index contributed by atoms with van der Waals surface area (Å²) < 4.78 is 0.